The number of halogens is 1. The number of nitrogens with zero attached hydrogens (tertiary/aromatic N) is 2. The molecule has 0 radical (unpaired) electrons. The van der Waals surface area contributed by atoms with Gasteiger partial charge in [0, 0.05) is 25.7 Å². The second-order valence-corrected chi connectivity index (χ2v) is 7.27. The van der Waals surface area contributed by atoms with Crippen LogP contribution in [-0.4, -0.2) is 63.3 Å². The number of aliphatic imine (C=N–C) groups is 1. The summed E-state index contributed by atoms with van der Waals surface area (Å²) < 4.78 is 10.9. The minimum atomic E-state index is 0. The van der Waals surface area contributed by atoms with E-state index < -0.39 is 0 Å². The lowest BCUT2D eigenvalue weighted by atomic mass is 9.97. The normalized spacial score (nSPS) is 17.8. The summed E-state index contributed by atoms with van der Waals surface area (Å²) in [5.41, 5.74) is 0. The van der Waals surface area contributed by atoms with E-state index in [9.17, 15) is 0 Å². The van der Waals surface area contributed by atoms with Crippen molar-refractivity contribution in [3.8, 4) is 11.5 Å². The number of hydrogen-bond donors (Lipinski definition) is 2. The van der Waals surface area contributed by atoms with Crippen molar-refractivity contribution in [2.45, 2.75) is 39.7 Å². The van der Waals surface area contributed by atoms with E-state index in [2.05, 4.69) is 36.3 Å². The molecule has 1 fully saturated rings. The Bertz CT molecular complexity index is 566. The molecule has 1 aromatic rings. The minimum Gasteiger partial charge on any atom is -0.497 e. The van der Waals surface area contributed by atoms with Crippen LogP contribution < -0.4 is 20.1 Å². The molecule has 0 amide bonds. The second-order valence-electron chi connectivity index (χ2n) is 7.27. The number of guanidine groups is 1. The van der Waals surface area contributed by atoms with E-state index in [1.807, 2.05) is 24.3 Å². The van der Waals surface area contributed by atoms with Crippen molar-refractivity contribution < 1.29 is 9.47 Å². The lowest BCUT2D eigenvalue weighted by Crippen LogP contribution is -2.42. The van der Waals surface area contributed by atoms with Gasteiger partial charge >= 0.3 is 0 Å². The topological polar surface area (TPSA) is 58.1 Å². The fourth-order valence-electron chi connectivity index (χ4n) is 3.29. The Morgan fingerprint density at radius 3 is 2.57 bits per heavy atom. The molecule has 0 aliphatic carbocycles. The zero-order chi connectivity index (χ0) is 19.5. The highest BCUT2D eigenvalue weighted by atomic mass is 127. The molecule has 0 saturated carbocycles. The highest BCUT2D eigenvalue weighted by Crippen LogP contribution is 2.19. The average Bonchev–Trinajstić information content (AvgIpc) is 2.70. The van der Waals surface area contributed by atoms with E-state index in [4.69, 9.17) is 14.5 Å². The van der Waals surface area contributed by atoms with Crippen LogP contribution in [0.15, 0.2) is 29.3 Å². The van der Waals surface area contributed by atoms with Gasteiger partial charge in [0.2, 0.25) is 0 Å². The van der Waals surface area contributed by atoms with E-state index in [0.717, 1.165) is 37.1 Å². The van der Waals surface area contributed by atoms with Gasteiger partial charge in [0.05, 0.1) is 13.7 Å². The number of methoxy groups -OCH3 is 1. The molecule has 1 aromatic carbocycles. The van der Waals surface area contributed by atoms with Gasteiger partial charge in [-0.3, -0.25) is 4.99 Å². The van der Waals surface area contributed by atoms with Crippen molar-refractivity contribution in [3.63, 3.8) is 0 Å². The molecule has 7 heteroatoms. The number of benzene rings is 1. The van der Waals surface area contributed by atoms with E-state index in [1.165, 1.54) is 19.4 Å². The molecule has 1 aliphatic rings. The predicted molar refractivity (Wildman–Crippen MR) is 127 cm³/mol. The summed E-state index contributed by atoms with van der Waals surface area (Å²) in [6.45, 7) is 12.0. The van der Waals surface area contributed by atoms with Crippen LogP contribution in [0.5, 0.6) is 11.5 Å². The molecule has 6 nitrogen and oxygen atoms in total. The molecule has 1 atom stereocenters. The van der Waals surface area contributed by atoms with Gasteiger partial charge < -0.3 is 25.0 Å². The van der Waals surface area contributed by atoms with Crippen LogP contribution in [0.2, 0.25) is 0 Å². The molecule has 28 heavy (non-hydrogen) atoms. The Balaban J connectivity index is 0.00000392. The Kier molecular flexibility index (Phi) is 12.3. The van der Waals surface area contributed by atoms with E-state index in [-0.39, 0.29) is 24.0 Å². The molecule has 2 N–H and O–H groups in total. The van der Waals surface area contributed by atoms with Crippen molar-refractivity contribution in [1.29, 1.82) is 0 Å². The summed E-state index contributed by atoms with van der Waals surface area (Å²) in [5.74, 6) is 3.20. The smallest absolute Gasteiger partial charge is 0.191 e. The third kappa shape index (κ3) is 8.86. The number of hydrogen-bond acceptors (Lipinski definition) is 4. The monoisotopic (exact) mass is 504 g/mol. The van der Waals surface area contributed by atoms with Crippen LogP contribution >= 0.6 is 24.0 Å². The fraction of sp³-hybridized carbons (Fsp3) is 0.667. The number of piperidine rings is 1. The van der Waals surface area contributed by atoms with Crippen LogP contribution in [0.1, 0.15) is 33.6 Å². The predicted octanol–water partition coefficient (Wildman–Crippen LogP) is 3.37. The zero-order valence-electron chi connectivity index (χ0n) is 17.7. The maximum atomic E-state index is 5.76. The van der Waals surface area contributed by atoms with Crippen molar-refractivity contribution >= 4 is 29.9 Å². The average molecular weight is 504 g/mol. The fourth-order valence-corrected chi connectivity index (χ4v) is 3.29. The summed E-state index contributed by atoms with van der Waals surface area (Å²) in [5, 5.41) is 6.69. The summed E-state index contributed by atoms with van der Waals surface area (Å²) in [6, 6.07) is 8.26. The van der Waals surface area contributed by atoms with Crippen LogP contribution in [0.3, 0.4) is 0 Å². The quantitative estimate of drug-likeness (QED) is 0.234. The SMILES string of the molecule is CCNC(=NCC1CCCN(C(C)C)C1)NCCOc1ccc(OC)cc1.I. The van der Waals surface area contributed by atoms with Crippen LogP contribution in [0.25, 0.3) is 0 Å². The first-order valence-corrected chi connectivity index (χ1v) is 10.2. The summed E-state index contributed by atoms with van der Waals surface area (Å²) >= 11 is 0. The molecular weight excluding hydrogens is 467 g/mol. The molecule has 0 spiro atoms. The maximum absolute atomic E-state index is 5.76. The first-order valence-electron chi connectivity index (χ1n) is 10.2. The zero-order valence-corrected chi connectivity index (χ0v) is 20.1. The van der Waals surface area contributed by atoms with Crippen LogP contribution in [0.4, 0.5) is 0 Å². The highest BCUT2D eigenvalue weighted by molar-refractivity contribution is 14.0. The van der Waals surface area contributed by atoms with Crippen molar-refractivity contribution in [1.82, 2.24) is 15.5 Å². The first-order chi connectivity index (χ1) is 13.1. The molecule has 2 rings (SSSR count). The summed E-state index contributed by atoms with van der Waals surface area (Å²) in [4.78, 5) is 7.36. The van der Waals surface area contributed by atoms with Gasteiger partial charge in [0.15, 0.2) is 5.96 Å². The molecule has 1 aliphatic heterocycles. The maximum Gasteiger partial charge on any atom is 0.191 e. The van der Waals surface area contributed by atoms with Gasteiger partial charge in [0.25, 0.3) is 0 Å². The second kappa shape index (κ2) is 13.9. The van der Waals surface area contributed by atoms with Gasteiger partial charge in [-0.1, -0.05) is 0 Å². The summed E-state index contributed by atoms with van der Waals surface area (Å²) in [7, 11) is 1.66. The van der Waals surface area contributed by atoms with Gasteiger partial charge in [0.1, 0.15) is 18.1 Å². The lowest BCUT2D eigenvalue weighted by Gasteiger charge is -2.34. The number of likely N-dealkylation sites (tertiary alicyclic amines) is 1. The van der Waals surface area contributed by atoms with Crippen molar-refractivity contribution in [2.75, 3.05) is 46.4 Å². The number of nitrogens with one attached hydrogen (secondary N) is 2. The molecule has 1 heterocycles. The van der Waals surface area contributed by atoms with Gasteiger partial charge in [-0.05, 0) is 70.3 Å². The Morgan fingerprint density at radius 2 is 1.93 bits per heavy atom. The van der Waals surface area contributed by atoms with Gasteiger partial charge in [-0.25, -0.2) is 0 Å². The lowest BCUT2D eigenvalue weighted by molar-refractivity contribution is 0.143. The van der Waals surface area contributed by atoms with Gasteiger partial charge in [-0.15, -0.1) is 24.0 Å². The molecule has 0 aromatic heterocycles. The number of rotatable bonds is 9. The van der Waals surface area contributed by atoms with Gasteiger partial charge in [-0.2, -0.15) is 0 Å². The Labute approximate surface area is 187 Å². The number of ether oxygens (including phenoxy) is 2. The Morgan fingerprint density at radius 1 is 1.21 bits per heavy atom. The largest absolute Gasteiger partial charge is 0.497 e. The molecule has 1 saturated heterocycles. The highest BCUT2D eigenvalue weighted by Gasteiger charge is 2.21. The molecule has 160 valence electrons. The van der Waals surface area contributed by atoms with E-state index in [1.54, 1.807) is 7.11 Å². The third-order valence-corrected chi connectivity index (χ3v) is 4.86. The first kappa shape index (κ1) is 24.8. The van der Waals surface area contributed by atoms with Crippen LogP contribution in [0, 0.1) is 5.92 Å². The standard InChI is InChI=1S/C21H36N4O2.HI/c1-5-22-21(24-15-18-7-6-13-25(16-18)17(2)3)23-12-14-27-20-10-8-19(26-4)9-11-20;/h8-11,17-18H,5-7,12-16H2,1-4H3,(H2,22,23,24);1H. The molecule has 1 unspecified atom stereocenters. The van der Waals surface area contributed by atoms with E-state index >= 15 is 0 Å². The minimum absolute atomic E-state index is 0. The van der Waals surface area contributed by atoms with Crippen molar-refractivity contribution in [3.05, 3.63) is 24.3 Å². The van der Waals surface area contributed by atoms with Crippen LogP contribution in [-0.2, 0) is 0 Å². The summed E-state index contributed by atoms with van der Waals surface area (Å²) in [6.07, 6.45) is 2.55. The molecule has 0 bridgehead atoms. The molecular formula is C21H37IN4O2. The van der Waals surface area contributed by atoms with Crippen molar-refractivity contribution in [2.24, 2.45) is 10.9 Å². The Hall–Kier alpha value is -1.22. The third-order valence-electron chi connectivity index (χ3n) is 4.86. The van der Waals surface area contributed by atoms with E-state index in [0.29, 0.717) is 25.1 Å².